The predicted molar refractivity (Wildman–Crippen MR) is 72.8 cm³/mol. The summed E-state index contributed by atoms with van der Waals surface area (Å²) in [6.07, 6.45) is 3.79. The molecule has 0 aliphatic carbocycles. The van der Waals surface area contributed by atoms with Crippen LogP contribution in [0.5, 0.6) is 0 Å². The van der Waals surface area contributed by atoms with E-state index in [2.05, 4.69) is 31.9 Å². The summed E-state index contributed by atoms with van der Waals surface area (Å²) in [7, 11) is 0. The van der Waals surface area contributed by atoms with Gasteiger partial charge in [-0.05, 0) is 47.3 Å². The number of halogens is 1. The Labute approximate surface area is 108 Å². The number of likely N-dealkylation sites (tertiary alicyclic amines) is 1. The third kappa shape index (κ3) is 3.22. The van der Waals surface area contributed by atoms with Gasteiger partial charge < -0.3 is 10.6 Å². The molecule has 2 rings (SSSR count). The minimum absolute atomic E-state index is 0.693. The fourth-order valence-electron chi connectivity index (χ4n) is 1.82. The molecule has 1 saturated heterocycles. The summed E-state index contributed by atoms with van der Waals surface area (Å²) >= 11 is 5.16. The van der Waals surface area contributed by atoms with Gasteiger partial charge in [0.1, 0.15) is 0 Å². The maximum absolute atomic E-state index is 5.97. The molecule has 16 heavy (non-hydrogen) atoms. The standard InChI is InChI=1S/C11H16BrN3S/c12-10-5-4-9(16-10)8-14-11(13)15-6-2-1-3-7-15/h4-5H,1-3,6-8H2,(H2,13,14). The molecule has 0 amide bonds. The van der Waals surface area contributed by atoms with Crippen LogP contribution in [0.15, 0.2) is 20.9 Å². The van der Waals surface area contributed by atoms with E-state index in [1.807, 2.05) is 6.07 Å². The third-order valence-electron chi connectivity index (χ3n) is 2.71. The van der Waals surface area contributed by atoms with Crippen molar-refractivity contribution in [2.45, 2.75) is 25.8 Å². The highest BCUT2D eigenvalue weighted by Crippen LogP contribution is 2.22. The van der Waals surface area contributed by atoms with Crippen molar-refractivity contribution in [3.8, 4) is 0 Å². The van der Waals surface area contributed by atoms with Crippen LogP contribution in [0.25, 0.3) is 0 Å². The molecule has 0 unspecified atom stereocenters. The molecule has 2 heterocycles. The summed E-state index contributed by atoms with van der Waals surface area (Å²) in [5.41, 5.74) is 5.97. The smallest absolute Gasteiger partial charge is 0.191 e. The fourth-order valence-corrected chi connectivity index (χ4v) is 3.23. The van der Waals surface area contributed by atoms with Crippen molar-refractivity contribution in [3.63, 3.8) is 0 Å². The zero-order chi connectivity index (χ0) is 11.4. The molecule has 1 aliphatic rings. The van der Waals surface area contributed by atoms with Gasteiger partial charge in [0.2, 0.25) is 0 Å². The molecule has 0 aromatic carbocycles. The molecule has 88 valence electrons. The van der Waals surface area contributed by atoms with Crippen LogP contribution in [0.1, 0.15) is 24.1 Å². The lowest BCUT2D eigenvalue weighted by atomic mass is 10.1. The minimum atomic E-state index is 0.693. The number of guanidine groups is 1. The monoisotopic (exact) mass is 301 g/mol. The van der Waals surface area contributed by atoms with Crippen molar-refractivity contribution in [2.24, 2.45) is 10.7 Å². The molecule has 2 N–H and O–H groups in total. The van der Waals surface area contributed by atoms with E-state index in [-0.39, 0.29) is 0 Å². The number of piperidine rings is 1. The zero-order valence-corrected chi connectivity index (χ0v) is 11.6. The minimum Gasteiger partial charge on any atom is -0.370 e. The largest absolute Gasteiger partial charge is 0.370 e. The van der Waals surface area contributed by atoms with Gasteiger partial charge in [0.25, 0.3) is 0 Å². The van der Waals surface area contributed by atoms with Crippen molar-refractivity contribution in [1.29, 1.82) is 0 Å². The molecular weight excluding hydrogens is 286 g/mol. The number of aliphatic imine (C=N–C) groups is 1. The highest BCUT2D eigenvalue weighted by molar-refractivity contribution is 9.11. The van der Waals surface area contributed by atoms with Gasteiger partial charge in [-0.25, -0.2) is 4.99 Å². The number of nitrogens with two attached hydrogens (primary N) is 1. The number of nitrogens with zero attached hydrogens (tertiary/aromatic N) is 2. The van der Waals surface area contributed by atoms with Gasteiger partial charge in [-0.15, -0.1) is 11.3 Å². The van der Waals surface area contributed by atoms with Gasteiger partial charge in [0.15, 0.2) is 5.96 Å². The van der Waals surface area contributed by atoms with E-state index in [9.17, 15) is 0 Å². The molecule has 0 spiro atoms. The highest BCUT2D eigenvalue weighted by Gasteiger charge is 2.11. The zero-order valence-electron chi connectivity index (χ0n) is 9.16. The number of hydrogen-bond donors (Lipinski definition) is 1. The molecular formula is C11H16BrN3S. The molecule has 0 atom stereocenters. The Bertz CT molecular complexity index is 369. The Morgan fingerprint density at radius 2 is 2.12 bits per heavy atom. The van der Waals surface area contributed by atoms with Gasteiger partial charge in [-0.3, -0.25) is 0 Å². The molecule has 0 saturated carbocycles. The van der Waals surface area contributed by atoms with E-state index >= 15 is 0 Å². The van der Waals surface area contributed by atoms with Crippen molar-refractivity contribution in [2.75, 3.05) is 13.1 Å². The Morgan fingerprint density at radius 1 is 1.38 bits per heavy atom. The van der Waals surface area contributed by atoms with Crippen LogP contribution in [0.2, 0.25) is 0 Å². The Balaban J connectivity index is 1.90. The molecule has 3 nitrogen and oxygen atoms in total. The summed E-state index contributed by atoms with van der Waals surface area (Å²) < 4.78 is 1.15. The summed E-state index contributed by atoms with van der Waals surface area (Å²) in [5.74, 6) is 0.698. The van der Waals surface area contributed by atoms with Crippen LogP contribution in [0, 0.1) is 0 Å². The fraction of sp³-hybridized carbons (Fsp3) is 0.545. The predicted octanol–water partition coefficient (Wildman–Crippen LogP) is 2.81. The SMILES string of the molecule is NC(=NCc1ccc(Br)s1)N1CCCCC1. The first-order valence-corrected chi connectivity index (χ1v) is 7.16. The Kier molecular flexibility index (Phi) is 4.23. The molecule has 5 heteroatoms. The summed E-state index contributed by atoms with van der Waals surface area (Å²) in [6.45, 7) is 2.81. The lowest BCUT2D eigenvalue weighted by Crippen LogP contribution is -2.40. The van der Waals surface area contributed by atoms with E-state index in [0.29, 0.717) is 12.5 Å². The molecule has 1 fully saturated rings. The molecule has 1 aromatic heterocycles. The van der Waals surface area contributed by atoms with Crippen molar-refractivity contribution >= 4 is 33.2 Å². The van der Waals surface area contributed by atoms with Gasteiger partial charge in [0.05, 0.1) is 10.3 Å². The maximum atomic E-state index is 5.97. The van der Waals surface area contributed by atoms with Crippen LogP contribution in [-0.2, 0) is 6.54 Å². The van der Waals surface area contributed by atoms with Crippen LogP contribution >= 0.6 is 27.3 Å². The highest BCUT2D eigenvalue weighted by atomic mass is 79.9. The average Bonchev–Trinajstić information content (AvgIpc) is 2.73. The first-order chi connectivity index (χ1) is 7.75. The molecule has 1 aliphatic heterocycles. The van der Waals surface area contributed by atoms with E-state index in [1.54, 1.807) is 11.3 Å². The molecule has 1 aromatic rings. The van der Waals surface area contributed by atoms with Crippen LogP contribution < -0.4 is 5.73 Å². The van der Waals surface area contributed by atoms with Gasteiger partial charge in [0, 0.05) is 18.0 Å². The van der Waals surface area contributed by atoms with E-state index < -0.39 is 0 Å². The second kappa shape index (κ2) is 5.68. The quantitative estimate of drug-likeness (QED) is 0.674. The second-order valence-electron chi connectivity index (χ2n) is 3.93. The first kappa shape index (κ1) is 11.9. The Morgan fingerprint density at radius 3 is 2.75 bits per heavy atom. The van der Waals surface area contributed by atoms with Crippen molar-refractivity contribution in [3.05, 3.63) is 20.8 Å². The van der Waals surface area contributed by atoms with E-state index in [0.717, 1.165) is 16.9 Å². The summed E-state index contributed by atoms with van der Waals surface area (Å²) in [4.78, 5) is 7.87. The lowest BCUT2D eigenvalue weighted by molar-refractivity contribution is 0.338. The number of rotatable bonds is 2. The van der Waals surface area contributed by atoms with E-state index in [4.69, 9.17) is 5.73 Å². The first-order valence-electron chi connectivity index (χ1n) is 5.55. The molecule has 0 radical (unpaired) electrons. The van der Waals surface area contributed by atoms with Crippen LogP contribution in [0.4, 0.5) is 0 Å². The maximum Gasteiger partial charge on any atom is 0.191 e. The summed E-state index contributed by atoms with van der Waals surface area (Å²) in [6, 6.07) is 4.13. The second-order valence-corrected chi connectivity index (χ2v) is 6.48. The average molecular weight is 302 g/mol. The lowest BCUT2D eigenvalue weighted by Gasteiger charge is -2.27. The Hall–Kier alpha value is -0.550. The third-order valence-corrected chi connectivity index (χ3v) is 4.31. The van der Waals surface area contributed by atoms with Gasteiger partial charge >= 0.3 is 0 Å². The number of hydrogen-bond acceptors (Lipinski definition) is 2. The van der Waals surface area contributed by atoms with Crippen molar-refractivity contribution < 1.29 is 0 Å². The van der Waals surface area contributed by atoms with Gasteiger partial charge in [-0.2, -0.15) is 0 Å². The van der Waals surface area contributed by atoms with Crippen LogP contribution in [-0.4, -0.2) is 23.9 Å². The van der Waals surface area contributed by atoms with Crippen LogP contribution in [0.3, 0.4) is 0 Å². The van der Waals surface area contributed by atoms with Crippen molar-refractivity contribution in [1.82, 2.24) is 4.90 Å². The molecule has 0 bridgehead atoms. The normalized spacial score (nSPS) is 17.8. The van der Waals surface area contributed by atoms with Gasteiger partial charge in [-0.1, -0.05) is 0 Å². The topological polar surface area (TPSA) is 41.6 Å². The summed E-state index contributed by atoms with van der Waals surface area (Å²) in [5, 5.41) is 0. The van der Waals surface area contributed by atoms with E-state index in [1.165, 1.54) is 24.1 Å². The number of thiophene rings is 1.